The summed E-state index contributed by atoms with van der Waals surface area (Å²) in [5.41, 5.74) is 0. The Morgan fingerprint density at radius 3 is 3.00 bits per heavy atom. The van der Waals surface area contributed by atoms with Crippen LogP contribution >= 0.6 is 15.9 Å². The van der Waals surface area contributed by atoms with Gasteiger partial charge in [-0.15, -0.1) is 0 Å². The highest BCUT2D eigenvalue weighted by Gasteiger charge is 2.20. The highest BCUT2D eigenvalue weighted by atomic mass is 79.9. The number of halogens is 1. The van der Waals surface area contributed by atoms with Crippen LogP contribution in [0, 0.1) is 5.92 Å². The lowest BCUT2D eigenvalue weighted by Crippen LogP contribution is -2.15. The second-order valence-corrected chi connectivity index (χ2v) is 5.77. The quantitative estimate of drug-likeness (QED) is 0.772. The van der Waals surface area contributed by atoms with Crippen molar-refractivity contribution in [1.29, 1.82) is 0 Å². The number of hydrogen-bond acceptors (Lipinski definition) is 2. The summed E-state index contributed by atoms with van der Waals surface area (Å²) in [6.07, 6.45) is 6.12. The fraction of sp³-hybridized carbons (Fsp3) is 0.533. The van der Waals surface area contributed by atoms with Crippen LogP contribution < -0.4 is 4.74 Å². The molecule has 18 heavy (non-hydrogen) atoms. The van der Waals surface area contributed by atoms with Gasteiger partial charge in [-0.2, -0.15) is 0 Å². The number of Topliss-reactive ketones (excluding diaryl/α,β-unsaturated/α-hetero) is 1. The minimum absolute atomic E-state index is 0.222. The Bertz CT molecular complexity index is 403. The van der Waals surface area contributed by atoms with Gasteiger partial charge in [0.05, 0.1) is 6.61 Å². The van der Waals surface area contributed by atoms with Gasteiger partial charge in [-0.25, -0.2) is 0 Å². The van der Waals surface area contributed by atoms with Crippen molar-refractivity contribution in [3.63, 3.8) is 0 Å². The van der Waals surface area contributed by atoms with Gasteiger partial charge in [-0.3, -0.25) is 4.79 Å². The second-order valence-electron chi connectivity index (χ2n) is 4.86. The fourth-order valence-electron chi connectivity index (χ4n) is 2.41. The van der Waals surface area contributed by atoms with Crippen molar-refractivity contribution in [1.82, 2.24) is 0 Å². The first-order chi connectivity index (χ1) is 8.75. The third kappa shape index (κ3) is 4.13. The van der Waals surface area contributed by atoms with Crippen LogP contribution in [0.5, 0.6) is 5.75 Å². The van der Waals surface area contributed by atoms with E-state index >= 15 is 0 Å². The van der Waals surface area contributed by atoms with Crippen LogP contribution in [0.4, 0.5) is 0 Å². The number of ether oxygens (including phenoxy) is 1. The van der Waals surface area contributed by atoms with Crippen molar-refractivity contribution < 1.29 is 9.53 Å². The smallest absolute Gasteiger partial charge is 0.136 e. The Balaban J connectivity index is 1.79. The average molecular weight is 311 g/mol. The number of ketones is 1. The van der Waals surface area contributed by atoms with E-state index in [-0.39, 0.29) is 5.92 Å². The van der Waals surface area contributed by atoms with Gasteiger partial charge in [0.15, 0.2) is 0 Å². The average Bonchev–Trinajstić information content (AvgIpc) is 2.55. The summed E-state index contributed by atoms with van der Waals surface area (Å²) in [6, 6.07) is 7.83. The van der Waals surface area contributed by atoms with Crippen LogP contribution in [0.3, 0.4) is 0 Å². The van der Waals surface area contributed by atoms with Crippen molar-refractivity contribution in [2.24, 2.45) is 5.92 Å². The zero-order chi connectivity index (χ0) is 12.8. The van der Waals surface area contributed by atoms with Crippen molar-refractivity contribution in [3.05, 3.63) is 28.7 Å². The Kier molecular flexibility index (Phi) is 5.24. The van der Waals surface area contributed by atoms with E-state index in [1.165, 1.54) is 12.8 Å². The maximum atomic E-state index is 11.8. The van der Waals surface area contributed by atoms with Crippen molar-refractivity contribution in [3.8, 4) is 5.75 Å². The lowest BCUT2D eigenvalue weighted by molar-refractivity contribution is -0.123. The van der Waals surface area contributed by atoms with E-state index in [0.717, 1.165) is 35.9 Å². The first-order valence-corrected chi connectivity index (χ1v) is 7.46. The van der Waals surface area contributed by atoms with Gasteiger partial charge in [0, 0.05) is 16.8 Å². The number of benzene rings is 1. The normalized spacial score (nSPS) is 20.5. The number of carbonyl (C=O) groups is 1. The van der Waals surface area contributed by atoms with Gasteiger partial charge >= 0.3 is 0 Å². The summed E-state index contributed by atoms with van der Waals surface area (Å²) >= 11 is 3.42. The molecule has 0 heterocycles. The first-order valence-electron chi connectivity index (χ1n) is 6.67. The molecule has 0 amide bonds. The molecule has 1 aliphatic rings. The highest BCUT2D eigenvalue weighted by molar-refractivity contribution is 9.10. The Hall–Kier alpha value is -0.830. The fourth-order valence-corrected chi connectivity index (χ4v) is 2.79. The van der Waals surface area contributed by atoms with Crippen LogP contribution in [-0.2, 0) is 4.79 Å². The molecule has 1 fully saturated rings. The third-order valence-corrected chi connectivity index (χ3v) is 3.96. The molecule has 0 radical (unpaired) electrons. The van der Waals surface area contributed by atoms with Crippen LogP contribution in [-0.4, -0.2) is 12.4 Å². The van der Waals surface area contributed by atoms with Crippen LogP contribution in [0.1, 0.15) is 38.5 Å². The molecule has 0 N–H and O–H groups in total. The summed E-state index contributed by atoms with van der Waals surface area (Å²) < 4.78 is 6.72. The molecule has 0 aliphatic heterocycles. The van der Waals surface area contributed by atoms with Gasteiger partial charge in [-0.1, -0.05) is 34.8 Å². The van der Waals surface area contributed by atoms with Gasteiger partial charge in [0.1, 0.15) is 11.5 Å². The van der Waals surface area contributed by atoms with Crippen molar-refractivity contribution in [2.45, 2.75) is 38.5 Å². The molecule has 2 nitrogen and oxygen atoms in total. The van der Waals surface area contributed by atoms with Crippen LogP contribution in [0.2, 0.25) is 0 Å². The van der Waals surface area contributed by atoms with E-state index in [1.54, 1.807) is 0 Å². The molecule has 2 rings (SSSR count). The lowest BCUT2D eigenvalue weighted by atomic mass is 9.96. The Labute approximate surface area is 117 Å². The van der Waals surface area contributed by atoms with Crippen molar-refractivity contribution >= 4 is 21.7 Å². The first kappa shape index (κ1) is 13.6. The number of hydrogen-bond donors (Lipinski definition) is 0. The highest BCUT2D eigenvalue weighted by Crippen LogP contribution is 2.23. The van der Waals surface area contributed by atoms with Crippen molar-refractivity contribution in [2.75, 3.05) is 6.61 Å². The third-order valence-electron chi connectivity index (χ3n) is 3.46. The van der Waals surface area contributed by atoms with Crippen LogP contribution in [0.15, 0.2) is 28.7 Å². The number of carbonyl (C=O) groups excluding carboxylic acids is 1. The second kappa shape index (κ2) is 6.93. The zero-order valence-corrected chi connectivity index (χ0v) is 12.1. The molecular weight excluding hydrogens is 292 g/mol. The SMILES string of the molecule is O=C1CCCCCC1CCOc1cccc(Br)c1. The maximum Gasteiger partial charge on any atom is 0.136 e. The van der Waals surface area contributed by atoms with E-state index in [0.29, 0.717) is 12.4 Å². The maximum absolute atomic E-state index is 11.8. The van der Waals surface area contributed by atoms with E-state index in [2.05, 4.69) is 15.9 Å². The molecular formula is C15H19BrO2. The van der Waals surface area contributed by atoms with Gasteiger partial charge in [-0.05, 0) is 37.5 Å². The standard InChI is InChI=1S/C15H19BrO2/c16-13-6-4-7-14(11-13)18-10-9-12-5-2-1-3-8-15(12)17/h4,6-7,11-12H,1-3,5,8-10H2. The van der Waals surface area contributed by atoms with E-state index in [9.17, 15) is 4.79 Å². The molecule has 0 aromatic heterocycles. The molecule has 0 bridgehead atoms. The summed E-state index contributed by atoms with van der Waals surface area (Å²) in [7, 11) is 0. The zero-order valence-electron chi connectivity index (χ0n) is 10.5. The predicted molar refractivity (Wildman–Crippen MR) is 75.8 cm³/mol. The monoisotopic (exact) mass is 310 g/mol. The molecule has 1 unspecified atom stereocenters. The Morgan fingerprint density at radius 2 is 2.17 bits per heavy atom. The molecule has 1 aromatic rings. The molecule has 3 heteroatoms. The predicted octanol–water partition coefficient (Wildman–Crippen LogP) is 4.37. The molecule has 0 saturated heterocycles. The minimum Gasteiger partial charge on any atom is -0.494 e. The largest absolute Gasteiger partial charge is 0.494 e. The molecule has 98 valence electrons. The molecule has 1 aromatic carbocycles. The minimum atomic E-state index is 0.222. The van der Waals surface area contributed by atoms with E-state index in [1.807, 2.05) is 24.3 Å². The van der Waals surface area contributed by atoms with Gasteiger partial charge in [0.2, 0.25) is 0 Å². The topological polar surface area (TPSA) is 26.3 Å². The van der Waals surface area contributed by atoms with Gasteiger partial charge in [0.25, 0.3) is 0 Å². The number of rotatable bonds is 4. The molecule has 1 atom stereocenters. The molecule has 1 saturated carbocycles. The Morgan fingerprint density at radius 1 is 1.28 bits per heavy atom. The van der Waals surface area contributed by atoms with Gasteiger partial charge < -0.3 is 4.74 Å². The summed E-state index contributed by atoms with van der Waals surface area (Å²) in [5.74, 6) is 1.52. The summed E-state index contributed by atoms with van der Waals surface area (Å²) in [5, 5.41) is 0. The molecule has 0 spiro atoms. The van der Waals surface area contributed by atoms with E-state index < -0.39 is 0 Å². The van der Waals surface area contributed by atoms with E-state index in [4.69, 9.17) is 4.74 Å². The lowest BCUT2D eigenvalue weighted by Gasteiger charge is -2.13. The summed E-state index contributed by atoms with van der Waals surface area (Å²) in [6.45, 7) is 0.632. The molecule has 1 aliphatic carbocycles. The van der Waals surface area contributed by atoms with Crippen LogP contribution in [0.25, 0.3) is 0 Å². The summed E-state index contributed by atoms with van der Waals surface area (Å²) in [4.78, 5) is 11.8.